The number of rotatable bonds is 5. The molecule has 1 aromatic rings. The van der Waals surface area contributed by atoms with Crippen molar-refractivity contribution in [2.45, 2.75) is 39.0 Å². The quantitative estimate of drug-likeness (QED) is 0.663. The summed E-state index contributed by atoms with van der Waals surface area (Å²) in [7, 11) is 0. The zero-order valence-corrected chi connectivity index (χ0v) is 12.5. The van der Waals surface area contributed by atoms with Gasteiger partial charge >= 0.3 is 0 Å². The average Bonchev–Trinajstić information content (AvgIpc) is 2.50. The summed E-state index contributed by atoms with van der Waals surface area (Å²) in [5.41, 5.74) is 1.96. The first-order valence-corrected chi connectivity index (χ1v) is 7.36. The van der Waals surface area contributed by atoms with Gasteiger partial charge in [-0.2, -0.15) is 0 Å². The number of aliphatic hydroxyl groups excluding tert-OH is 1. The van der Waals surface area contributed by atoms with Crippen LogP contribution in [0.5, 0.6) is 0 Å². The van der Waals surface area contributed by atoms with Crippen LogP contribution >= 0.6 is 0 Å². The average molecular weight is 287 g/mol. The second-order valence-corrected chi connectivity index (χ2v) is 5.07. The molecule has 1 aliphatic rings. The van der Waals surface area contributed by atoms with Gasteiger partial charge in [0.15, 0.2) is 5.78 Å². The first kappa shape index (κ1) is 15.3. The van der Waals surface area contributed by atoms with Crippen molar-refractivity contribution in [1.82, 2.24) is 0 Å². The number of carbonyl (C=O) groups excluding carboxylic acids is 1. The minimum atomic E-state index is -0.0621. The molecule has 4 nitrogen and oxygen atoms in total. The molecule has 0 radical (unpaired) electrons. The van der Waals surface area contributed by atoms with Crippen LogP contribution in [0.2, 0.25) is 0 Å². The van der Waals surface area contributed by atoms with E-state index in [2.05, 4.69) is 5.16 Å². The van der Waals surface area contributed by atoms with Crippen LogP contribution in [-0.4, -0.2) is 23.2 Å². The van der Waals surface area contributed by atoms with E-state index in [1.165, 1.54) is 0 Å². The number of ketones is 1. The van der Waals surface area contributed by atoms with Crippen LogP contribution in [0.1, 0.15) is 44.6 Å². The molecule has 1 aromatic carbocycles. The number of Topliss-reactive ketones (excluding diaryl/α,β-unsaturated/α-hetero) is 1. The third-order valence-electron chi connectivity index (χ3n) is 3.64. The fraction of sp³-hybridized carbons (Fsp3) is 0.412. The topological polar surface area (TPSA) is 58.9 Å². The Hall–Kier alpha value is -2.10. The molecular formula is C17H21NO3. The van der Waals surface area contributed by atoms with Crippen LogP contribution in [0.3, 0.4) is 0 Å². The number of hydrogen-bond acceptors (Lipinski definition) is 4. The summed E-state index contributed by atoms with van der Waals surface area (Å²) >= 11 is 0. The molecule has 0 heterocycles. The molecule has 0 saturated carbocycles. The highest BCUT2D eigenvalue weighted by molar-refractivity contribution is 6.23. The highest BCUT2D eigenvalue weighted by Gasteiger charge is 2.31. The van der Waals surface area contributed by atoms with Crippen molar-refractivity contribution in [1.29, 1.82) is 0 Å². The van der Waals surface area contributed by atoms with Crippen molar-refractivity contribution >= 4 is 11.5 Å². The van der Waals surface area contributed by atoms with Gasteiger partial charge in [-0.1, -0.05) is 42.4 Å². The molecular weight excluding hydrogens is 266 g/mol. The normalized spacial score (nSPS) is 19.8. The first-order chi connectivity index (χ1) is 10.2. The second-order valence-electron chi connectivity index (χ2n) is 5.07. The van der Waals surface area contributed by atoms with Gasteiger partial charge < -0.3 is 9.94 Å². The first-order valence-electron chi connectivity index (χ1n) is 7.36. The fourth-order valence-electron chi connectivity index (χ4n) is 2.61. The van der Waals surface area contributed by atoms with Crippen molar-refractivity contribution < 1.29 is 14.7 Å². The Balaban J connectivity index is 2.27. The predicted molar refractivity (Wildman–Crippen MR) is 82.4 cm³/mol. The molecule has 1 unspecified atom stereocenters. The molecule has 0 aromatic heterocycles. The van der Waals surface area contributed by atoms with E-state index in [1.54, 1.807) is 0 Å². The van der Waals surface area contributed by atoms with Gasteiger partial charge in [0.2, 0.25) is 0 Å². The lowest BCUT2D eigenvalue weighted by molar-refractivity contribution is -0.116. The number of oxime groups is 1. The van der Waals surface area contributed by atoms with Gasteiger partial charge in [-0.3, -0.25) is 4.79 Å². The predicted octanol–water partition coefficient (Wildman–Crippen LogP) is 3.75. The molecule has 0 bridgehead atoms. The summed E-state index contributed by atoms with van der Waals surface area (Å²) < 4.78 is 0. The smallest absolute Gasteiger partial charge is 0.168 e. The SMILES string of the molecule is CCO/N=C(/CC)C1=C(O)CC(c2ccccc2)CC1=O. The maximum absolute atomic E-state index is 12.4. The van der Waals surface area contributed by atoms with Gasteiger partial charge in [0.25, 0.3) is 0 Å². The largest absolute Gasteiger partial charge is 0.511 e. The summed E-state index contributed by atoms with van der Waals surface area (Å²) in [6, 6.07) is 9.82. The summed E-state index contributed by atoms with van der Waals surface area (Å²) in [5.74, 6) is 0.0981. The van der Waals surface area contributed by atoms with Crippen LogP contribution in [0.25, 0.3) is 0 Å². The number of aliphatic hydroxyl groups is 1. The Kier molecular flexibility index (Phi) is 5.14. The zero-order valence-electron chi connectivity index (χ0n) is 12.5. The zero-order chi connectivity index (χ0) is 15.2. The Morgan fingerprint density at radius 1 is 1.29 bits per heavy atom. The number of nitrogens with zero attached hydrogens (tertiary/aromatic N) is 1. The van der Waals surface area contributed by atoms with E-state index in [1.807, 2.05) is 44.2 Å². The summed E-state index contributed by atoms with van der Waals surface area (Å²) in [5, 5.41) is 14.3. The highest BCUT2D eigenvalue weighted by atomic mass is 16.6. The van der Waals surface area contributed by atoms with Gasteiger partial charge in [-0.05, 0) is 24.8 Å². The highest BCUT2D eigenvalue weighted by Crippen LogP contribution is 2.34. The minimum absolute atomic E-state index is 0.0349. The van der Waals surface area contributed by atoms with Gasteiger partial charge in [-0.15, -0.1) is 0 Å². The number of benzene rings is 1. The lowest BCUT2D eigenvalue weighted by Gasteiger charge is -2.24. The molecule has 112 valence electrons. The van der Waals surface area contributed by atoms with Crippen LogP contribution < -0.4 is 0 Å². The standard InChI is InChI=1S/C17H21NO3/c1-3-14(18-21-4-2)17-15(19)10-13(11-16(17)20)12-8-6-5-7-9-12/h5-9,13,19H,3-4,10-11H2,1-2H3/b18-14-. The van der Waals surface area contributed by atoms with Crippen molar-refractivity contribution in [3.8, 4) is 0 Å². The summed E-state index contributed by atoms with van der Waals surface area (Å²) in [6.45, 7) is 4.17. The summed E-state index contributed by atoms with van der Waals surface area (Å²) in [4.78, 5) is 17.4. The van der Waals surface area contributed by atoms with Gasteiger partial charge in [0.1, 0.15) is 12.4 Å². The van der Waals surface area contributed by atoms with E-state index < -0.39 is 0 Å². The monoisotopic (exact) mass is 287 g/mol. The minimum Gasteiger partial charge on any atom is -0.511 e. The Labute approximate surface area is 125 Å². The maximum Gasteiger partial charge on any atom is 0.168 e. The van der Waals surface area contributed by atoms with Crippen molar-refractivity contribution in [3.05, 3.63) is 47.2 Å². The van der Waals surface area contributed by atoms with Crippen LogP contribution in [0, 0.1) is 0 Å². The van der Waals surface area contributed by atoms with E-state index in [-0.39, 0.29) is 17.5 Å². The molecule has 0 aliphatic heterocycles. The Bertz CT molecular complexity index is 561. The van der Waals surface area contributed by atoms with Crippen molar-refractivity contribution in [3.63, 3.8) is 0 Å². The van der Waals surface area contributed by atoms with Crippen LogP contribution in [-0.2, 0) is 9.63 Å². The van der Waals surface area contributed by atoms with Gasteiger partial charge in [0.05, 0.1) is 11.3 Å². The molecule has 0 spiro atoms. The van der Waals surface area contributed by atoms with Gasteiger partial charge in [-0.25, -0.2) is 0 Å². The number of hydrogen-bond donors (Lipinski definition) is 1. The van der Waals surface area contributed by atoms with E-state index >= 15 is 0 Å². The number of carbonyl (C=O) groups is 1. The molecule has 2 rings (SSSR count). The van der Waals surface area contributed by atoms with Crippen molar-refractivity contribution in [2.75, 3.05) is 6.61 Å². The second kappa shape index (κ2) is 7.07. The fourth-order valence-corrected chi connectivity index (χ4v) is 2.61. The van der Waals surface area contributed by atoms with Crippen LogP contribution in [0.4, 0.5) is 0 Å². The molecule has 21 heavy (non-hydrogen) atoms. The van der Waals surface area contributed by atoms with Crippen LogP contribution in [0.15, 0.2) is 46.8 Å². The molecule has 1 aliphatic carbocycles. The summed E-state index contributed by atoms with van der Waals surface area (Å²) in [6.07, 6.45) is 1.42. The molecule has 4 heteroatoms. The number of allylic oxidation sites excluding steroid dienone is 2. The van der Waals surface area contributed by atoms with Crippen molar-refractivity contribution in [2.24, 2.45) is 5.16 Å². The lowest BCUT2D eigenvalue weighted by Crippen LogP contribution is -2.23. The van der Waals surface area contributed by atoms with Gasteiger partial charge in [0, 0.05) is 12.8 Å². The Morgan fingerprint density at radius 2 is 2.00 bits per heavy atom. The van der Waals surface area contributed by atoms with E-state index in [9.17, 15) is 9.90 Å². The molecule has 1 atom stereocenters. The molecule has 1 N–H and O–H groups in total. The lowest BCUT2D eigenvalue weighted by atomic mass is 9.81. The molecule has 0 saturated heterocycles. The molecule has 0 fully saturated rings. The third kappa shape index (κ3) is 3.51. The molecule has 0 amide bonds. The van der Waals surface area contributed by atoms with E-state index in [0.29, 0.717) is 37.2 Å². The Morgan fingerprint density at radius 3 is 2.57 bits per heavy atom. The maximum atomic E-state index is 12.4. The van der Waals surface area contributed by atoms with E-state index in [4.69, 9.17) is 4.84 Å². The third-order valence-corrected chi connectivity index (χ3v) is 3.64. The van der Waals surface area contributed by atoms with E-state index in [0.717, 1.165) is 5.56 Å².